The van der Waals surface area contributed by atoms with E-state index in [0.29, 0.717) is 25.7 Å². The molecule has 0 spiro atoms. The maximum Gasteiger partial charge on any atom is 0.397 e. The summed E-state index contributed by atoms with van der Waals surface area (Å²) < 4.78 is 112. The number of aliphatic hydroxyl groups excluding tert-OH is 11. The van der Waals surface area contributed by atoms with E-state index >= 15 is 0 Å². The first-order valence-corrected chi connectivity index (χ1v) is 33.1. The van der Waals surface area contributed by atoms with Crippen molar-refractivity contribution in [3.05, 3.63) is 23.3 Å². The quantitative estimate of drug-likeness (QED) is 0.0298. The number of rotatable bonds is 20. The van der Waals surface area contributed by atoms with Crippen LogP contribution in [0.5, 0.6) is 0 Å². The van der Waals surface area contributed by atoms with Crippen LogP contribution in [0.15, 0.2) is 23.3 Å². The van der Waals surface area contributed by atoms with Crippen molar-refractivity contribution in [3.8, 4) is 0 Å². The third kappa shape index (κ3) is 13.9. The van der Waals surface area contributed by atoms with Crippen LogP contribution in [0, 0.1) is 39.4 Å². The molecule has 4 aliphatic carbocycles. The van der Waals surface area contributed by atoms with Gasteiger partial charge in [-0.05, 0) is 112 Å². The average Bonchev–Trinajstić information content (AvgIpc) is 1.65. The smallest absolute Gasteiger partial charge is 0.397 e. The van der Waals surface area contributed by atoms with Gasteiger partial charge >= 0.3 is 16.4 Å². The standard InChI is InChI=1S/C61H100O29S/c1-26(2)12-15-38(82-28(4)64)61(10,74)36-17-21-59(8)30-13-14-35-57(5,6)37(18-19-58(35,7)29(30)16-20-60(36,59)9)85-55-50(42(69)34(25-80-55)90-91(75,76)77)89-56-51(88-52-43(70)39(66)31(65)24-79-52)44(71)47(27(3)81-56)86-54-46(73)49(41(68)33(23-63)84-54)87-53-45(72)48(78-11)40(67)32(22-62)83-53/h12,16,27,30-56,62-63,65-74H,13-15,17-25H2,1-11H3,(H,75,76,77)/t27-,30-,31-,32-,33-,34-,35+,36+,37+,38-,39+,40-,41-,42+,43-,44+,45-,46-,47-,48+,49+,50-,51-,52+,53+,54+,55+,56+,58-,59+,60-,61-/m1/s1. The summed E-state index contributed by atoms with van der Waals surface area (Å²) in [5, 5.41) is 135. The van der Waals surface area contributed by atoms with Gasteiger partial charge in [0.15, 0.2) is 31.5 Å². The molecule has 91 heavy (non-hydrogen) atoms. The second-order valence-corrected chi connectivity index (χ2v) is 29.5. The van der Waals surface area contributed by atoms with Crippen LogP contribution >= 0.6 is 0 Å². The Hall–Kier alpha value is -2.10. The van der Waals surface area contributed by atoms with Gasteiger partial charge in [-0.25, -0.2) is 4.18 Å². The molecule has 0 aromatic carbocycles. The summed E-state index contributed by atoms with van der Waals surface area (Å²) in [6.07, 6.45) is -32.2. The van der Waals surface area contributed by atoms with Crippen LogP contribution in [0.4, 0.5) is 0 Å². The topological polar surface area (TPSA) is 434 Å². The Kier molecular flexibility index (Phi) is 22.5. The maximum atomic E-state index is 12.6. The van der Waals surface area contributed by atoms with Crippen molar-refractivity contribution in [2.24, 2.45) is 39.4 Å². The van der Waals surface area contributed by atoms with Crippen LogP contribution in [0.2, 0.25) is 0 Å². The Bertz CT molecular complexity index is 2660. The minimum Gasteiger partial charge on any atom is -0.459 e. The number of esters is 1. The number of ether oxygens (including phenoxy) is 12. The number of aliphatic hydroxyl groups is 12. The number of carbonyl (C=O) groups is 1. The number of methoxy groups -OCH3 is 1. The van der Waals surface area contributed by atoms with E-state index in [9.17, 15) is 79.0 Å². The highest BCUT2D eigenvalue weighted by atomic mass is 32.3. The number of hydrogen-bond donors (Lipinski definition) is 13. The maximum absolute atomic E-state index is 12.6. The molecule has 5 heterocycles. The first kappa shape index (κ1) is 73.2. The molecule has 0 aromatic heterocycles. The molecule has 0 bridgehead atoms. The largest absolute Gasteiger partial charge is 0.459 e. The van der Waals surface area contributed by atoms with Gasteiger partial charge in [-0.15, -0.1) is 0 Å². The van der Waals surface area contributed by atoms with E-state index in [1.165, 1.54) is 26.5 Å². The number of hydrogen-bond acceptors (Lipinski definition) is 28. The monoisotopic (exact) mass is 1330 g/mol. The van der Waals surface area contributed by atoms with Crippen LogP contribution in [0.3, 0.4) is 0 Å². The Morgan fingerprint density at radius 2 is 1.25 bits per heavy atom. The fraction of sp³-hybridized carbons (Fsp3) is 0.918. The van der Waals surface area contributed by atoms with Crippen LogP contribution in [-0.2, 0) is 76.2 Å². The predicted molar refractivity (Wildman–Crippen MR) is 310 cm³/mol. The summed E-state index contributed by atoms with van der Waals surface area (Å²) in [5.41, 5.74) is -0.496. The summed E-state index contributed by atoms with van der Waals surface area (Å²) in [5.74, 6) is -0.473. The molecule has 13 N–H and O–H groups in total. The Morgan fingerprint density at radius 3 is 1.86 bits per heavy atom. The highest BCUT2D eigenvalue weighted by molar-refractivity contribution is 7.80. The molecule has 0 amide bonds. The third-order valence-corrected chi connectivity index (χ3v) is 22.9. The first-order chi connectivity index (χ1) is 42.5. The first-order valence-electron chi connectivity index (χ1n) is 31.7. The second-order valence-electron chi connectivity index (χ2n) is 28.4. The molecule has 8 fully saturated rings. The highest BCUT2D eigenvalue weighted by Gasteiger charge is 2.69. The molecular weight excluding hydrogens is 1230 g/mol. The summed E-state index contributed by atoms with van der Waals surface area (Å²) in [7, 11) is -4.09. The SMILES string of the molecule is CO[C@@H]1[C@@H](O)[C@H](O[C@@H]2[C@@H](O)[C@H](O[C@H]3[C@H](O)[C@@H](O[C@@H]4OC[C@@H](O)[C@H](O)[C@H]4O)[C@H](O[C@H]4[C@H](O[C@H]5CC[C@]6(C)C7=CC[C@]8(C)[C@@H]([C@@](C)(O)[C@@H](CC=C(C)C)OC(C)=O)CC[C@@]8(C)[C@@H]7CC[C@H]6C5(C)C)OC[C@@H](OS(=O)(=O)O)[C@@H]4O)O[C@@H]3C)O[C@H](CO)[C@H]2O)O[C@H](CO)[C@H]1O. The molecule has 0 aromatic rings. The van der Waals surface area contributed by atoms with Gasteiger partial charge in [-0.3, -0.25) is 9.35 Å². The minimum absolute atomic E-state index is 0.00544. The summed E-state index contributed by atoms with van der Waals surface area (Å²) in [4.78, 5) is 12.5. The lowest BCUT2D eigenvalue weighted by atomic mass is 9.41. The summed E-state index contributed by atoms with van der Waals surface area (Å²) >= 11 is 0. The molecule has 9 rings (SSSR count). The Balaban J connectivity index is 0.971. The molecule has 0 radical (unpaired) electrons. The molecule has 3 saturated carbocycles. The molecule has 5 saturated heterocycles. The van der Waals surface area contributed by atoms with Crippen molar-refractivity contribution in [2.45, 2.75) is 280 Å². The van der Waals surface area contributed by atoms with Gasteiger partial charge in [0, 0.05) is 20.5 Å². The number of allylic oxidation sites excluding steroid dienone is 3. The van der Waals surface area contributed by atoms with Crippen molar-refractivity contribution in [2.75, 3.05) is 33.5 Å². The van der Waals surface area contributed by atoms with E-state index in [4.69, 9.17) is 61.0 Å². The molecule has 9 aliphatic rings. The van der Waals surface area contributed by atoms with E-state index in [1.54, 1.807) is 0 Å². The molecule has 29 nitrogen and oxygen atoms in total. The molecule has 524 valence electrons. The lowest BCUT2D eigenvalue weighted by Crippen LogP contribution is -2.68. The van der Waals surface area contributed by atoms with Gasteiger partial charge in [0.1, 0.15) is 115 Å². The molecule has 32 atom stereocenters. The van der Waals surface area contributed by atoms with E-state index in [-0.39, 0.29) is 34.0 Å². The van der Waals surface area contributed by atoms with Gasteiger partial charge in [-0.1, -0.05) is 57.9 Å². The van der Waals surface area contributed by atoms with Crippen molar-refractivity contribution in [1.29, 1.82) is 0 Å². The lowest BCUT2D eigenvalue weighted by molar-refractivity contribution is -0.403. The van der Waals surface area contributed by atoms with Crippen LogP contribution in [0.1, 0.15) is 121 Å². The lowest BCUT2D eigenvalue weighted by Gasteiger charge is -2.65. The predicted octanol–water partition coefficient (Wildman–Crippen LogP) is -1.10. The minimum atomic E-state index is -5.26. The van der Waals surface area contributed by atoms with Crippen LogP contribution in [0.25, 0.3) is 0 Å². The normalized spacial score (nSPS) is 48.6. The van der Waals surface area contributed by atoms with E-state index in [0.717, 1.165) is 31.3 Å². The molecule has 30 heteroatoms. The number of fused-ring (bicyclic) bond motifs is 5. The van der Waals surface area contributed by atoms with Crippen molar-refractivity contribution in [3.63, 3.8) is 0 Å². The van der Waals surface area contributed by atoms with Crippen molar-refractivity contribution < 1.29 is 140 Å². The zero-order valence-corrected chi connectivity index (χ0v) is 54.4. The Labute approximate surface area is 530 Å². The zero-order valence-electron chi connectivity index (χ0n) is 53.6. The van der Waals surface area contributed by atoms with Gasteiger partial charge in [0.05, 0.1) is 38.6 Å². The average molecular weight is 1330 g/mol. The second kappa shape index (κ2) is 28.0. The highest BCUT2D eigenvalue weighted by Crippen LogP contribution is 2.74. The Morgan fingerprint density at radius 1 is 0.670 bits per heavy atom. The summed E-state index contributed by atoms with van der Waals surface area (Å²) in [6.45, 7) is 16.7. The van der Waals surface area contributed by atoms with E-state index in [2.05, 4.69) is 40.7 Å². The van der Waals surface area contributed by atoms with Crippen molar-refractivity contribution >= 4 is 16.4 Å². The van der Waals surface area contributed by atoms with Crippen LogP contribution < -0.4 is 0 Å². The van der Waals surface area contributed by atoms with E-state index in [1.807, 2.05) is 26.8 Å². The van der Waals surface area contributed by atoms with E-state index < -0.39 is 207 Å². The zero-order chi connectivity index (χ0) is 67.0. The van der Waals surface area contributed by atoms with Gasteiger partial charge in [-0.2, -0.15) is 8.42 Å². The number of carbonyl (C=O) groups excluding carboxylic acids is 1. The van der Waals surface area contributed by atoms with Gasteiger partial charge in [0.25, 0.3) is 0 Å². The molecular formula is C61H100O29S. The fourth-order valence-corrected chi connectivity index (χ4v) is 17.7. The van der Waals surface area contributed by atoms with Crippen LogP contribution in [-0.4, -0.2) is 273 Å². The molecule has 0 unspecified atom stereocenters. The van der Waals surface area contributed by atoms with Gasteiger partial charge in [0.2, 0.25) is 0 Å². The molecule has 5 aliphatic heterocycles. The fourth-order valence-electron chi connectivity index (χ4n) is 17.2. The van der Waals surface area contributed by atoms with Gasteiger partial charge < -0.3 is 118 Å². The summed E-state index contributed by atoms with van der Waals surface area (Å²) in [6, 6.07) is 0. The third-order valence-electron chi connectivity index (χ3n) is 22.4. The van der Waals surface area contributed by atoms with Crippen molar-refractivity contribution in [1.82, 2.24) is 0 Å².